The van der Waals surface area contributed by atoms with Gasteiger partial charge in [0.25, 0.3) is 10.2 Å². The largest absolute Gasteiger partial charge is 0.411 e. The smallest absolute Gasteiger partial charge is 0.282 e. The van der Waals surface area contributed by atoms with Crippen LogP contribution in [-0.4, -0.2) is 54.1 Å². The van der Waals surface area contributed by atoms with Crippen LogP contribution in [0.5, 0.6) is 0 Å². The molecule has 0 aromatic heterocycles. The molecule has 0 aromatic rings. The minimum atomic E-state index is -3.30. The second kappa shape index (κ2) is 4.91. The van der Waals surface area contributed by atoms with Crippen LogP contribution < -0.4 is 0 Å². The summed E-state index contributed by atoms with van der Waals surface area (Å²) in [5, 5.41) is 12.0. The zero-order chi connectivity index (χ0) is 12.5. The number of hydrogen-bond acceptors (Lipinski definition) is 4. The summed E-state index contributed by atoms with van der Waals surface area (Å²) < 4.78 is 27.6. The average Bonchev–Trinajstić information content (AvgIpc) is 2.83. The van der Waals surface area contributed by atoms with Crippen molar-refractivity contribution < 1.29 is 13.6 Å². The maximum absolute atomic E-state index is 12.3. The normalized spacial score (nSPS) is 31.1. The van der Waals surface area contributed by atoms with Gasteiger partial charge in [-0.05, 0) is 12.8 Å². The molecule has 1 N–H and O–H groups in total. The summed E-state index contributed by atoms with van der Waals surface area (Å²) in [5.41, 5.74) is 0.692. The van der Waals surface area contributed by atoms with E-state index in [1.165, 1.54) is 4.31 Å². The van der Waals surface area contributed by atoms with Gasteiger partial charge in [0, 0.05) is 38.5 Å². The molecule has 2 saturated heterocycles. The van der Waals surface area contributed by atoms with Crippen LogP contribution in [0, 0.1) is 5.92 Å². The number of piperidine rings is 1. The Morgan fingerprint density at radius 1 is 1.24 bits per heavy atom. The van der Waals surface area contributed by atoms with Gasteiger partial charge in [0.2, 0.25) is 0 Å². The van der Waals surface area contributed by atoms with E-state index in [9.17, 15) is 8.42 Å². The summed E-state index contributed by atoms with van der Waals surface area (Å²) in [6.07, 6.45) is 2.42. The van der Waals surface area contributed by atoms with Crippen molar-refractivity contribution in [2.45, 2.75) is 26.2 Å². The highest BCUT2D eigenvalue weighted by Gasteiger charge is 2.35. The molecule has 0 saturated carbocycles. The van der Waals surface area contributed by atoms with Crippen molar-refractivity contribution in [2.75, 3.05) is 26.2 Å². The van der Waals surface area contributed by atoms with Gasteiger partial charge in [-0.1, -0.05) is 12.1 Å². The Bertz CT molecular complexity index is 401. The van der Waals surface area contributed by atoms with Gasteiger partial charge >= 0.3 is 0 Å². The van der Waals surface area contributed by atoms with Crippen LogP contribution in [0.25, 0.3) is 0 Å². The first kappa shape index (κ1) is 12.8. The molecule has 1 atom stereocenters. The molecule has 2 fully saturated rings. The fourth-order valence-electron chi connectivity index (χ4n) is 2.43. The quantitative estimate of drug-likeness (QED) is 0.581. The summed E-state index contributed by atoms with van der Waals surface area (Å²) in [7, 11) is -3.30. The minimum Gasteiger partial charge on any atom is -0.411 e. The maximum atomic E-state index is 12.3. The molecule has 7 heteroatoms. The van der Waals surface area contributed by atoms with Gasteiger partial charge in [-0.3, -0.25) is 0 Å². The molecule has 17 heavy (non-hydrogen) atoms. The fraction of sp³-hybridized carbons (Fsp3) is 0.900. The molecule has 0 spiro atoms. The molecule has 6 nitrogen and oxygen atoms in total. The van der Waals surface area contributed by atoms with Gasteiger partial charge in [-0.25, -0.2) is 0 Å². The molecule has 98 valence electrons. The third-order valence-corrected chi connectivity index (χ3v) is 5.51. The summed E-state index contributed by atoms with van der Waals surface area (Å²) in [6, 6.07) is 0. The maximum Gasteiger partial charge on any atom is 0.282 e. The third kappa shape index (κ3) is 2.46. The highest BCUT2D eigenvalue weighted by atomic mass is 32.2. The van der Waals surface area contributed by atoms with E-state index in [-0.39, 0.29) is 5.92 Å². The number of rotatable bonds is 2. The predicted octanol–water partition coefficient (Wildman–Crippen LogP) is 0.499. The highest BCUT2D eigenvalue weighted by molar-refractivity contribution is 7.86. The lowest BCUT2D eigenvalue weighted by molar-refractivity contribution is 0.294. The lowest BCUT2D eigenvalue weighted by Gasteiger charge is -2.33. The van der Waals surface area contributed by atoms with E-state index in [1.54, 1.807) is 4.31 Å². The third-order valence-electron chi connectivity index (χ3n) is 3.51. The van der Waals surface area contributed by atoms with Gasteiger partial charge in [-0.15, -0.1) is 0 Å². The first-order valence-electron chi connectivity index (χ1n) is 6.01. The second-order valence-corrected chi connectivity index (χ2v) is 6.64. The Kier molecular flexibility index (Phi) is 3.70. The lowest BCUT2D eigenvalue weighted by atomic mass is 10.00. The number of nitrogens with zero attached hydrogens (tertiary/aromatic N) is 3. The highest BCUT2D eigenvalue weighted by Crippen LogP contribution is 2.22. The summed E-state index contributed by atoms with van der Waals surface area (Å²) in [6.45, 7) is 3.99. The Labute approximate surface area is 102 Å². The molecular formula is C10H19N3O3S. The van der Waals surface area contributed by atoms with E-state index in [2.05, 4.69) is 5.16 Å². The van der Waals surface area contributed by atoms with Crippen LogP contribution in [0.4, 0.5) is 0 Å². The monoisotopic (exact) mass is 261 g/mol. The Morgan fingerprint density at radius 2 is 1.88 bits per heavy atom. The molecule has 2 aliphatic heterocycles. The van der Waals surface area contributed by atoms with Crippen LogP contribution in [0.3, 0.4) is 0 Å². The molecule has 0 bridgehead atoms. The van der Waals surface area contributed by atoms with Crippen molar-refractivity contribution in [2.24, 2.45) is 11.1 Å². The van der Waals surface area contributed by atoms with E-state index >= 15 is 0 Å². The molecular weight excluding hydrogens is 242 g/mol. The first-order valence-corrected chi connectivity index (χ1v) is 7.41. The van der Waals surface area contributed by atoms with E-state index in [1.807, 2.05) is 6.92 Å². The van der Waals surface area contributed by atoms with E-state index in [4.69, 9.17) is 5.21 Å². The van der Waals surface area contributed by atoms with E-state index < -0.39 is 10.2 Å². The van der Waals surface area contributed by atoms with Crippen molar-refractivity contribution >= 4 is 15.9 Å². The van der Waals surface area contributed by atoms with Crippen LogP contribution in [0.2, 0.25) is 0 Å². The zero-order valence-corrected chi connectivity index (χ0v) is 10.9. The molecule has 0 radical (unpaired) electrons. The fourth-order valence-corrected chi connectivity index (χ4v) is 4.21. The summed E-state index contributed by atoms with van der Waals surface area (Å²) >= 11 is 0. The molecule has 1 unspecified atom stereocenters. The van der Waals surface area contributed by atoms with Crippen molar-refractivity contribution in [3.63, 3.8) is 0 Å². The number of oxime groups is 1. The van der Waals surface area contributed by atoms with Gasteiger partial charge < -0.3 is 5.21 Å². The van der Waals surface area contributed by atoms with Crippen molar-refractivity contribution in [3.8, 4) is 0 Å². The van der Waals surface area contributed by atoms with Gasteiger partial charge in [-0.2, -0.15) is 17.0 Å². The van der Waals surface area contributed by atoms with Gasteiger partial charge in [0.05, 0.1) is 5.71 Å². The van der Waals surface area contributed by atoms with Crippen LogP contribution in [-0.2, 0) is 10.2 Å². The molecule has 2 rings (SSSR count). The average molecular weight is 261 g/mol. The Morgan fingerprint density at radius 3 is 2.41 bits per heavy atom. The van der Waals surface area contributed by atoms with Crippen LogP contribution >= 0.6 is 0 Å². The topological polar surface area (TPSA) is 73.2 Å². The zero-order valence-electron chi connectivity index (χ0n) is 10.0. The standard InChI is InChI=1S/C10H19N3O3S/c1-9-8-13(7-4-10(9)11-14)17(15,16)12-5-2-3-6-12/h9,14H,2-8H2,1H3. The van der Waals surface area contributed by atoms with E-state index in [0.29, 0.717) is 38.3 Å². The van der Waals surface area contributed by atoms with Crippen molar-refractivity contribution in [3.05, 3.63) is 0 Å². The lowest BCUT2D eigenvalue weighted by Crippen LogP contribution is -2.48. The molecule has 2 heterocycles. The summed E-state index contributed by atoms with van der Waals surface area (Å²) in [5.74, 6) is -0.00821. The summed E-state index contributed by atoms with van der Waals surface area (Å²) in [4.78, 5) is 0. The molecule has 0 aliphatic carbocycles. The van der Waals surface area contributed by atoms with Crippen LogP contribution in [0.1, 0.15) is 26.2 Å². The predicted molar refractivity (Wildman–Crippen MR) is 64.3 cm³/mol. The van der Waals surface area contributed by atoms with Crippen molar-refractivity contribution in [1.82, 2.24) is 8.61 Å². The van der Waals surface area contributed by atoms with Crippen LogP contribution in [0.15, 0.2) is 5.16 Å². The molecule has 0 aromatic carbocycles. The first-order chi connectivity index (χ1) is 8.05. The SMILES string of the molecule is CC1CN(S(=O)(=O)N2CCCC2)CCC1=NO. The van der Waals surface area contributed by atoms with E-state index in [0.717, 1.165) is 12.8 Å². The number of hydrogen-bond donors (Lipinski definition) is 1. The second-order valence-electron chi connectivity index (χ2n) is 4.71. The molecule has 0 amide bonds. The minimum absolute atomic E-state index is 0.00821. The molecule has 2 aliphatic rings. The Hall–Kier alpha value is -0.660. The van der Waals surface area contributed by atoms with Crippen molar-refractivity contribution in [1.29, 1.82) is 0 Å². The van der Waals surface area contributed by atoms with Gasteiger partial charge in [0.15, 0.2) is 0 Å². The Balaban J connectivity index is 2.08. The van der Waals surface area contributed by atoms with Gasteiger partial charge in [0.1, 0.15) is 0 Å².